The van der Waals surface area contributed by atoms with E-state index in [-0.39, 0.29) is 5.56 Å². The largest absolute Gasteiger partial charge is 0.346 e. The van der Waals surface area contributed by atoms with Gasteiger partial charge in [-0.2, -0.15) is 0 Å². The van der Waals surface area contributed by atoms with Crippen molar-refractivity contribution in [2.45, 2.75) is 12.8 Å². The van der Waals surface area contributed by atoms with Gasteiger partial charge < -0.3 is 5.32 Å². The van der Waals surface area contributed by atoms with Gasteiger partial charge in [0.25, 0.3) is 11.8 Å². The first-order valence-electron chi connectivity index (χ1n) is 4.41. The molecule has 16 heavy (non-hydrogen) atoms. The van der Waals surface area contributed by atoms with Crippen LogP contribution in [-0.4, -0.2) is 18.4 Å². The summed E-state index contributed by atoms with van der Waals surface area (Å²) in [4.78, 5) is 11.5. The van der Waals surface area contributed by atoms with Crippen molar-refractivity contribution in [2.24, 2.45) is 0 Å². The Balaban J connectivity index is 2.78. The van der Waals surface area contributed by atoms with E-state index in [4.69, 9.17) is 11.6 Å². The van der Waals surface area contributed by atoms with E-state index in [1.54, 1.807) is 12.1 Å². The predicted octanol–water partition coefficient (Wildman–Crippen LogP) is 3.49. The zero-order valence-electron chi connectivity index (χ0n) is 8.36. The average molecular weight is 313 g/mol. The maximum absolute atomic E-state index is 12.5. The molecule has 0 atom stereocenters. The molecule has 6 heteroatoms. The van der Waals surface area contributed by atoms with E-state index >= 15 is 0 Å². The molecule has 0 aliphatic carbocycles. The van der Waals surface area contributed by atoms with Crippen molar-refractivity contribution in [1.82, 2.24) is 5.32 Å². The smallest absolute Gasteiger partial charge is 0.262 e. The highest BCUT2D eigenvalue weighted by Gasteiger charge is 2.22. The van der Waals surface area contributed by atoms with Crippen molar-refractivity contribution in [2.75, 3.05) is 6.54 Å². The minimum absolute atomic E-state index is 0.233. The molecule has 0 aliphatic rings. The van der Waals surface area contributed by atoms with Gasteiger partial charge in [0.15, 0.2) is 0 Å². The molecule has 0 heterocycles. The monoisotopic (exact) mass is 311 g/mol. The van der Waals surface area contributed by atoms with Crippen LogP contribution in [0.5, 0.6) is 0 Å². The molecule has 1 N–H and O–H groups in total. The van der Waals surface area contributed by atoms with Crippen molar-refractivity contribution in [3.8, 4) is 0 Å². The lowest BCUT2D eigenvalue weighted by Crippen LogP contribution is -2.34. The summed E-state index contributed by atoms with van der Waals surface area (Å²) in [5.41, 5.74) is 0.233. The second kappa shape index (κ2) is 5.10. The maximum atomic E-state index is 12.5. The Morgan fingerprint density at radius 3 is 2.75 bits per heavy atom. The predicted molar refractivity (Wildman–Crippen MR) is 62.1 cm³/mol. The Labute approximate surface area is 105 Å². The van der Waals surface area contributed by atoms with Gasteiger partial charge in [-0.05, 0) is 28.1 Å². The Morgan fingerprint density at radius 2 is 2.19 bits per heavy atom. The second-order valence-corrected chi connectivity index (χ2v) is 4.55. The van der Waals surface area contributed by atoms with Crippen LogP contribution in [0.15, 0.2) is 22.7 Å². The van der Waals surface area contributed by atoms with Gasteiger partial charge >= 0.3 is 0 Å². The average Bonchev–Trinajstić information content (AvgIpc) is 2.17. The molecule has 88 valence electrons. The lowest BCUT2D eigenvalue weighted by molar-refractivity contribution is 0.0221. The van der Waals surface area contributed by atoms with E-state index in [9.17, 15) is 13.6 Å². The zero-order chi connectivity index (χ0) is 12.3. The first-order valence-corrected chi connectivity index (χ1v) is 5.58. The molecular formula is C10H9BrClF2NO. The first-order chi connectivity index (χ1) is 7.31. The summed E-state index contributed by atoms with van der Waals surface area (Å²) in [6.45, 7) is 0.0328. The summed E-state index contributed by atoms with van der Waals surface area (Å²) in [5, 5.41) is 2.49. The second-order valence-electron chi connectivity index (χ2n) is 3.35. The molecule has 1 aromatic rings. The lowest BCUT2D eigenvalue weighted by Gasteiger charge is -2.12. The quantitative estimate of drug-likeness (QED) is 0.909. The topological polar surface area (TPSA) is 29.1 Å². The van der Waals surface area contributed by atoms with Crippen molar-refractivity contribution in [3.63, 3.8) is 0 Å². The Bertz CT molecular complexity index is 406. The summed E-state index contributed by atoms with van der Waals surface area (Å²) in [5.74, 6) is -3.52. The highest BCUT2D eigenvalue weighted by atomic mass is 79.9. The number of amides is 1. The summed E-state index contributed by atoms with van der Waals surface area (Å²) in [6.07, 6.45) is 0. The molecule has 0 radical (unpaired) electrons. The zero-order valence-corrected chi connectivity index (χ0v) is 10.7. The molecule has 1 aromatic carbocycles. The Hall–Kier alpha value is -0.680. The van der Waals surface area contributed by atoms with Crippen LogP contribution in [0.25, 0.3) is 0 Å². The fraction of sp³-hybridized carbons (Fsp3) is 0.300. The SMILES string of the molecule is CC(F)(F)CNC(=O)c1cccc(Cl)c1Br. The first kappa shape index (κ1) is 13.4. The fourth-order valence-electron chi connectivity index (χ4n) is 1.01. The van der Waals surface area contributed by atoms with Crippen LogP contribution < -0.4 is 5.32 Å². The van der Waals surface area contributed by atoms with Crippen molar-refractivity contribution >= 4 is 33.4 Å². The molecule has 0 saturated carbocycles. The van der Waals surface area contributed by atoms with Crippen LogP contribution in [0.2, 0.25) is 5.02 Å². The third-order valence-corrected chi connectivity index (χ3v) is 3.15. The number of hydrogen-bond acceptors (Lipinski definition) is 1. The molecule has 0 bridgehead atoms. The number of nitrogens with one attached hydrogen (secondary N) is 1. The normalized spacial score (nSPS) is 11.3. The van der Waals surface area contributed by atoms with Crippen LogP contribution in [0.1, 0.15) is 17.3 Å². The molecule has 1 rings (SSSR count). The summed E-state index contributed by atoms with van der Waals surface area (Å²) < 4.78 is 25.4. The Morgan fingerprint density at radius 1 is 1.56 bits per heavy atom. The molecule has 0 unspecified atom stereocenters. The summed E-state index contributed by atoms with van der Waals surface area (Å²) in [6, 6.07) is 4.67. The number of carbonyl (C=O) groups excluding carboxylic acids is 1. The van der Waals surface area contributed by atoms with Crippen LogP contribution in [0.3, 0.4) is 0 Å². The van der Waals surface area contributed by atoms with Crippen molar-refractivity contribution < 1.29 is 13.6 Å². The highest BCUT2D eigenvalue weighted by molar-refractivity contribution is 9.10. The van der Waals surface area contributed by atoms with E-state index in [0.29, 0.717) is 9.50 Å². The summed E-state index contributed by atoms with van der Waals surface area (Å²) in [7, 11) is 0. The van der Waals surface area contributed by atoms with Crippen LogP contribution in [0.4, 0.5) is 8.78 Å². The van der Waals surface area contributed by atoms with E-state index in [2.05, 4.69) is 21.2 Å². The van der Waals surface area contributed by atoms with E-state index in [0.717, 1.165) is 6.92 Å². The van der Waals surface area contributed by atoms with Gasteiger partial charge in [0.2, 0.25) is 0 Å². The molecule has 0 fully saturated rings. The standard InChI is InChI=1S/C10H9BrClF2NO/c1-10(13,14)5-15-9(16)6-3-2-4-7(12)8(6)11/h2-4H,5H2,1H3,(H,15,16). The van der Waals surface area contributed by atoms with Gasteiger partial charge in [0.1, 0.15) is 0 Å². The molecule has 2 nitrogen and oxygen atoms in total. The van der Waals surface area contributed by atoms with Crippen molar-refractivity contribution in [1.29, 1.82) is 0 Å². The number of benzene rings is 1. The van der Waals surface area contributed by atoms with Gasteiger partial charge in [0.05, 0.1) is 17.1 Å². The van der Waals surface area contributed by atoms with Crippen LogP contribution in [-0.2, 0) is 0 Å². The van der Waals surface area contributed by atoms with E-state index in [1.165, 1.54) is 6.07 Å². The molecule has 1 amide bonds. The molecule has 0 spiro atoms. The molecule has 0 aliphatic heterocycles. The number of hydrogen-bond donors (Lipinski definition) is 1. The number of alkyl halides is 2. The van der Waals surface area contributed by atoms with E-state index in [1.807, 2.05) is 0 Å². The molecular weight excluding hydrogens is 303 g/mol. The van der Waals surface area contributed by atoms with Crippen LogP contribution >= 0.6 is 27.5 Å². The van der Waals surface area contributed by atoms with Gasteiger partial charge in [-0.3, -0.25) is 4.79 Å². The van der Waals surface area contributed by atoms with Gasteiger partial charge in [-0.15, -0.1) is 0 Å². The van der Waals surface area contributed by atoms with Gasteiger partial charge in [-0.25, -0.2) is 8.78 Å². The minimum atomic E-state index is -2.93. The minimum Gasteiger partial charge on any atom is -0.346 e. The van der Waals surface area contributed by atoms with Crippen LogP contribution in [0, 0.1) is 0 Å². The van der Waals surface area contributed by atoms with Gasteiger partial charge in [-0.1, -0.05) is 17.7 Å². The number of rotatable bonds is 3. The van der Waals surface area contributed by atoms with E-state index < -0.39 is 18.4 Å². The third-order valence-electron chi connectivity index (χ3n) is 1.76. The van der Waals surface area contributed by atoms with Crippen molar-refractivity contribution in [3.05, 3.63) is 33.3 Å². The highest BCUT2D eigenvalue weighted by Crippen LogP contribution is 2.26. The molecule has 0 aromatic heterocycles. The number of halogens is 4. The number of carbonyl (C=O) groups is 1. The Kier molecular flexibility index (Phi) is 4.27. The van der Waals surface area contributed by atoms with Gasteiger partial charge in [0, 0.05) is 11.4 Å². The molecule has 0 saturated heterocycles. The lowest BCUT2D eigenvalue weighted by atomic mass is 10.2. The summed E-state index contributed by atoms with van der Waals surface area (Å²) >= 11 is 8.89. The fourth-order valence-corrected chi connectivity index (χ4v) is 1.63. The maximum Gasteiger partial charge on any atom is 0.262 e. The third kappa shape index (κ3) is 3.72.